The molecule has 3 aliphatic rings. The Morgan fingerprint density at radius 1 is 1.21 bits per heavy atom. The van der Waals surface area contributed by atoms with Crippen molar-refractivity contribution in [2.45, 2.75) is 26.7 Å². The maximum absolute atomic E-state index is 4.43. The predicted molar refractivity (Wildman–Crippen MR) is 61.4 cm³/mol. The number of nitrogens with zero attached hydrogens (tertiary/aromatic N) is 1. The third kappa shape index (κ3) is 1.72. The molecule has 1 aliphatic heterocycles. The lowest BCUT2D eigenvalue weighted by Gasteiger charge is -2.06. The molecule has 1 heteroatoms. The minimum absolute atomic E-state index is 0.812. The van der Waals surface area contributed by atoms with Gasteiger partial charge in [0.25, 0.3) is 0 Å². The highest BCUT2D eigenvalue weighted by Gasteiger charge is 2.36. The summed E-state index contributed by atoms with van der Waals surface area (Å²) in [6.45, 7) is 4.00. The van der Waals surface area contributed by atoms with Crippen LogP contribution in [0.1, 0.15) is 26.7 Å². The molecule has 14 heavy (non-hydrogen) atoms. The van der Waals surface area contributed by atoms with Crippen molar-refractivity contribution in [2.24, 2.45) is 16.8 Å². The van der Waals surface area contributed by atoms with Crippen LogP contribution in [0, 0.1) is 11.8 Å². The molecule has 0 spiro atoms. The zero-order chi connectivity index (χ0) is 9.97. The second-order valence-corrected chi connectivity index (χ2v) is 3.69. The lowest BCUT2D eigenvalue weighted by atomic mass is 10.0. The van der Waals surface area contributed by atoms with Gasteiger partial charge in [-0.15, -0.1) is 0 Å². The van der Waals surface area contributed by atoms with Gasteiger partial charge in [-0.25, -0.2) is 0 Å². The molecule has 0 radical (unpaired) electrons. The third-order valence-electron chi connectivity index (χ3n) is 2.72. The maximum Gasteiger partial charge on any atom is 0.0658 e. The van der Waals surface area contributed by atoms with E-state index in [-0.39, 0.29) is 0 Å². The minimum Gasteiger partial charge on any atom is -0.261 e. The van der Waals surface area contributed by atoms with Crippen molar-refractivity contribution >= 4 is 6.21 Å². The first-order valence-corrected chi connectivity index (χ1v) is 5.56. The van der Waals surface area contributed by atoms with E-state index in [2.05, 4.69) is 29.3 Å². The maximum atomic E-state index is 4.43. The molecule has 0 N–H and O–H groups in total. The molecular weight excluding hydrogens is 170 g/mol. The van der Waals surface area contributed by atoms with Crippen LogP contribution in [-0.2, 0) is 0 Å². The van der Waals surface area contributed by atoms with E-state index in [0.29, 0.717) is 0 Å². The Bertz CT molecular complexity index is 299. The van der Waals surface area contributed by atoms with Gasteiger partial charge in [0.05, 0.1) is 5.70 Å². The summed E-state index contributed by atoms with van der Waals surface area (Å²) in [6, 6.07) is 0. The van der Waals surface area contributed by atoms with Gasteiger partial charge in [0, 0.05) is 12.6 Å². The van der Waals surface area contributed by atoms with E-state index in [1.807, 2.05) is 20.1 Å². The van der Waals surface area contributed by atoms with Gasteiger partial charge in [0.2, 0.25) is 0 Å². The molecule has 2 aliphatic carbocycles. The molecule has 2 atom stereocenters. The number of fused-ring (bicyclic) bond motifs is 2. The first-order chi connectivity index (χ1) is 6.93. The Morgan fingerprint density at radius 3 is 2.86 bits per heavy atom. The average Bonchev–Trinajstić information content (AvgIpc) is 2.99. The van der Waals surface area contributed by atoms with Crippen molar-refractivity contribution in [3.8, 4) is 0 Å². The van der Waals surface area contributed by atoms with Gasteiger partial charge in [-0.05, 0) is 23.8 Å². The van der Waals surface area contributed by atoms with E-state index in [1.54, 1.807) is 0 Å². The van der Waals surface area contributed by atoms with Crippen LogP contribution in [0.3, 0.4) is 0 Å². The van der Waals surface area contributed by atoms with E-state index in [4.69, 9.17) is 0 Å². The Labute approximate surface area is 85.9 Å². The van der Waals surface area contributed by atoms with Crippen LogP contribution < -0.4 is 0 Å². The molecule has 0 saturated heterocycles. The quantitative estimate of drug-likeness (QED) is 0.550. The molecule has 3 rings (SSSR count). The van der Waals surface area contributed by atoms with Crippen LogP contribution in [0.15, 0.2) is 40.6 Å². The summed E-state index contributed by atoms with van der Waals surface area (Å²) in [5.41, 5.74) is 2.53. The first kappa shape index (κ1) is 9.45. The van der Waals surface area contributed by atoms with Crippen LogP contribution in [0.25, 0.3) is 0 Å². The van der Waals surface area contributed by atoms with Crippen molar-refractivity contribution in [2.75, 3.05) is 0 Å². The van der Waals surface area contributed by atoms with Crippen molar-refractivity contribution in [1.29, 1.82) is 0 Å². The van der Waals surface area contributed by atoms with Crippen molar-refractivity contribution in [3.63, 3.8) is 0 Å². The lowest BCUT2D eigenvalue weighted by Crippen LogP contribution is -1.91. The van der Waals surface area contributed by atoms with E-state index in [9.17, 15) is 0 Å². The zero-order valence-electron chi connectivity index (χ0n) is 8.90. The molecule has 1 saturated carbocycles. The SMILES string of the molecule is C1=CC2=CC3CC3C=C2N=CC1.CC. The first-order valence-electron chi connectivity index (χ1n) is 5.56. The van der Waals surface area contributed by atoms with Crippen molar-refractivity contribution < 1.29 is 0 Å². The third-order valence-corrected chi connectivity index (χ3v) is 2.72. The van der Waals surface area contributed by atoms with Gasteiger partial charge in [-0.3, -0.25) is 4.99 Å². The summed E-state index contributed by atoms with van der Waals surface area (Å²) in [4.78, 5) is 4.43. The van der Waals surface area contributed by atoms with Gasteiger partial charge in [-0.2, -0.15) is 0 Å². The highest BCUT2D eigenvalue weighted by molar-refractivity contribution is 5.66. The smallest absolute Gasteiger partial charge is 0.0658 e. The van der Waals surface area contributed by atoms with Crippen molar-refractivity contribution in [1.82, 2.24) is 0 Å². The Kier molecular flexibility index (Phi) is 2.67. The molecule has 74 valence electrons. The fraction of sp³-hybridized carbons (Fsp3) is 0.462. The van der Waals surface area contributed by atoms with Crippen molar-refractivity contribution in [3.05, 3.63) is 35.6 Å². The summed E-state index contributed by atoms with van der Waals surface area (Å²) < 4.78 is 0. The Morgan fingerprint density at radius 2 is 2.00 bits per heavy atom. The summed E-state index contributed by atoms with van der Waals surface area (Å²) in [7, 11) is 0. The monoisotopic (exact) mass is 187 g/mol. The largest absolute Gasteiger partial charge is 0.261 e. The predicted octanol–water partition coefficient (Wildman–Crippen LogP) is 3.50. The van der Waals surface area contributed by atoms with Gasteiger partial charge < -0.3 is 0 Å². The molecule has 0 aromatic rings. The van der Waals surface area contributed by atoms with Crippen LogP contribution >= 0.6 is 0 Å². The van der Waals surface area contributed by atoms with E-state index >= 15 is 0 Å². The number of rotatable bonds is 0. The summed E-state index contributed by atoms with van der Waals surface area (Å²) in [6.07, 6.45) is 13.4. The van der Waals surface area contributed by atoms with Crippen LogP contribution in [0.4, 0.5) is 0 Å². The Balaban J connectivity index is 0.000000354. The molecule has 0 aromatic heterocycles. The molecule has 1 heterocycles. The highest BCUT2D eigenvalue weighted by Crippen LogP contribution is 2.46. The fourth-order valence-electron chi connectivity index (χ4n) is 1.90. The Hall–Kier alpha value is -1.11. The van der Waals surface area contributed by atoms with Gasteiger partial charge in [0.15, 0.2) is 0 Å². The van der Waals surface area contributed by atoms with E-state index in [1.165, 1.54) is 17.7 Å². The van der Waals surface area contributed by atoms with E-state index < -0.39 is 0 Å². The number of hydrogen-bond donors (Lipinski definition) is 0. The number of aliphatic imine (C=N–C) groups is 1. The lowest BCUT2D eigenvalue weighted by molar-refractivity contribution is 0.947. The average molecular weight is 187 g/mol. The zero-order valence-corrected chi connectivity index (χ0v) is 8.90. The second kappa shape index (κ2) is 3.95. The van der Waals surface area contributed by atoms with Crippen LogP contribution in [0.5, 0.6) is 0 Å². The van der Waals surface area contributed by atoms with Crippen LogP contribution in [0.2, 0.25) is 0 Å². The topological polar surface area (TPSA) is 12.4 Å². The summed E-state index contributed by atoms with van der Waals surface area (Å²) >= 11 is 0. The van der Waals surface area contributed by atoms with Gasteiger partial charge in [0.1, 0.15) is 0 Å². The number of allylic oxidation sites excluding steroid dienone is 4. The normalized spacial score (nSPS) is 31.3. The fourth-order valence-corrected chi connectivity index (χ4v) is 1.90. The molecule has 0 amide bonds. The standard InChI is InChI=1S/C11H11N.C2H6/c1-2-4-12-11-7-10-6-9(10)5-8(11)3-1;1-2/h1,3-5,7,9-10H,2,6H2;1-2H3. The highest BCUT2D eigenvalue weighted by atomic mass is 14.7. The summed E-state index contributed by atoms with van der Waals surface area (Å²) in [5, 5.41) is 0. The molecule has 1 fully saturated rings. The summed E-state index contributed by atoms with van der Waals surface area (Å²) in [5.74, 6) is 1.65. The molecule has 0 aromatic carbocycles. The molecular formula is C13H17N. The molecule has 1 nitrogen and oxygen atoms in total. The second-order valence-electron chi connectivity index (χ2n) is 3.69. The van der Waals surface area contributed by atoms with Gasteiger partial charge >= 0.3 is 0 Å². The molecule has 0 bridgehead atoms. The minimum atomic E-state index is 0.812. The molecule has 2 unspecified atom stereocenters. The number of hydrogen-bond acceptors (Lipinski definition) is 1. The van der Waals surface area contributed by atoms with Crippen LogP contribution in [-0.4, -0.2) is 6.21 Å². The van der Waals surface area contributed by atoms with Gasteiger partial charge in [-0.1, -0.05) is 38.2 Å². The van der Waals surface area contributed by atoms with E-state index in [0.717, 1.165) is 18.3 Å².